The highest BCUT2D eigenvalue weighted by Gasteiger charge is 2.46. The smallest absolute Gasteiger partial charge is 0.276 e. The molecule has 0 aromatic heterocycles. The summed E-state index contributed by atoms with van der Waals surface area (Å²) in [6.07, 6.45) is 0. The molecule has 0 aliphatic heterocycles. The zero-order valence-corrected chi connectivity index (χ0v) is 12.9. The molecule has 0 fully saturated rings. The third kappa shape index (κ3) is 3.66. The van der Waals surface area contributed by atoms with Gasteiger partial charge >= 0.3 is 15.5 Å². The van der Waals surface area contributed by atoms with Crippen LogP contribution in [0, 0.1) is 13.8 Å². The first-order valence-corrected chi connectivity index (χ1v) is 8.42. The van der Waals surface area contributed by atoms with Gasteiger partial charge in [0.2, 0.25) is 10.0 Å². The van der Waals surface area contributed by atoms with E-state index in [4.69, 9.17) is 0 Å². The van der Waals surface area contributed by atoms with Gasteiger partial charge in [-0.2, -0.15) is 21.6 Å². The van der Waals surface area contributed by atoms with Crippen molar-refractivity contribution in [3.05, 3.63) is 23.3 Å². The lowest BCUT2D eigenvalue weighted by molar-refractivity contribution is -0.0429. The largest absolute Gasteiger partial charge is 0.516 e. The Morgan fingerprint density at radius 3 is 1.95 bits per heavy atom. The quantitative estimate of drug-likeness (QED) is 0.864. The normalized spacial score (nSPS) is 13.2. The topological polar surface area (TPSA) is 92.3 Å². The number of aryl methyl sites for hydroxylation is 2. The fraction of sp³-hybridized carbons (Fsp3) is 0.400. The number of alkyl halides is 3. The first-order valence-electron chi connectivity index (χ1n) is 5.45. The Morgan fingerprint density at radius 1 is 1.00 bits per heavy atom. The first-order chi connectivity index (χ1) is 9.32. The number of nitrogens with one attached hydrogen (secondary N) is 2. The van der Waals surface area contributed by atoms with E-state index in [2.05, 4.69) is 0 Å². The molecule has 11 heteroatoms. The molecule has 0 unspecified atom stereocenters. The number of rotatable bonds is 4. The van der Waals surface area contributed by atoms with Crippen molar-refractivity contribution in [2.75, 3.05) is 11.8 Å². The average molecular weight is 346 g/mol. The van der Waals surface area contributed by atoms with Gasteiger partial charge in [-0.3, -0.25) is 4.72 Å². The lowest BCUT2D eigenvalue weighted by atomic mass is 10.1. The van der Waals surface area contributed by atoms with Crippen molar-refractivity contribution in [1.29, 1.82) is 0 Å². The predicted molar refractivity (Wildman–Crippen MR) is 70.8 cm³/mol. The van der Waals surface area contributed by atoms with Crippen LogP contribution in [-0.2, 0) is 20.0 Å². The molecule has 0 atom stereocenters. The van der Waals surface area contributed by atoms with Crippen molar-refractivity contribution in [3.8, 4) is 0 Å². The maximum Gasteiger partial charge on any atom is 0.516 e. The van der Waals surface area contributed by atoms with Gasteiger partial charge in [0, 0.05) is 0 Å². The molecule has 0 aliphatic carbocycles. The minimum absolute atomic E-state index is 0.162. The lowest BCUT2D eigenvalue weighted by Crippen LogP contribution is -2.30. The third-order valence-electron chi connectivity index (χ3n) is 2.63. The van der Waals surface area contributed by atoms with Gasteiger partial charge in [-0.15, -0.1) is 0 Å². The Labute approximate surface area is 120 Å². The van der Waals surface area contributed by atoms with Crippen molar-refractivity contribution < 1.29 is 30.0 Å². The predicted octanol–water partition coefficient (Wildman–Crippen LogP) is 1.47. The summed E-state index contributed by atoms with van der Waals surface area (Å²) in [6.45, 7) is 2.80. The van der Waals surface area contributed by atoms with Crippen LogP contribution in [-0.4, -0.2) is 29.4 Å². The summed E-state index contributed by atoms with van der Waals surface area (Å²) in [4.78, 5) is -0.310. The van der Waals surface area contributed by atoms with E-state index in [-0.39, 0.29) is 16.0 Å². The molecular formula is C10H13F3N2O4S2. The molecule has 0 radical (unpaired) electrons. The molecule has 1 aromatic rings. The maximum atomic E-state index is 12.3. The van der Waals surface area contributed by atoms with Crippen LogP contribution in [0.15, 0.2) is 17.0 Å². The van der Waals surface area contributed by atoms with Gasteiger partial charge in [-0.05, 0) is 38.1 Å². The number of sulfonamides is 2. The molecular weight excluding hydrogens is 333 g/mol. The highest BCUT2D eigenvalue weighted by Crippen LogP contribution is 2.29. The van der Waals surface area contributed by atoms with E-state index >= 15 is 0 Å². The van der Waals surface area contributed by atoms with Gasteiger partial charge in [0.15, 0.2) is 0 Å². The standard InChI is InChI=1S/C10H13F3N2O4S2/c1-6-4-7(2)9(20(16,17)14-3)5-8(6)15-21(18,19)10(11,12)13/h4-5,14-15H,1-3H3. The van der Waals surface area contributed by atoms with Gasteiger partial charge in [0.05, 0.1) is 10.6 Å². The summed E-state index contributed by atoms with van der Waals surface area (Å²) < 4.78 is 86.1. The minimum atomic E-state index is -5.62. The monoisotopic (exact) mass is 346 g/mol. The van der Waals surface area contributed by atoms with E-state index in [1.54, 1.807) is 0 Å². The molecule has 120 valence electrons. The zero-order chi connectivity index (χ0) is 16.6. The molecule has 1 rings (SSSR count). The van der Waals surface area contributed by atoms with E-state index in [1.165, 1.54) is 24.6 Å². The molecule has 21 heavy (non-hydrogen) atoms. The van der Waals surface area contributed by atoms with E-state index in [0.717, 1.165) is 13.1 Å². The lowest BCUT2D eigenvalue weighted by Gasteiger charge is -2.15. The highest BCUT2D eigenvalue weighted by atomic mass is 32.2. The number of hydrogen-bond acceptors (Lipinski definition) is 4. The fourth-order valence-corrected chi connectivity index (χ4v) is 3.15. The molecule has 0 saturated heterocycles. The van der Waals surface area contributed by atoms with Crippen molar-refractivity contribution in [2.45, 2.75) is 24.3 Å². The van der Waals surface area contributed by atoms with Crippen LogP contribution in [0.2, 0.25) is 0 Å². The molecule has 1 aromatic carbocycles. The average Bonchev–Trinajstić information content (AvgIpc) is 2.30. The van der Waals surface area contributed by atoms with Crippen molar-refractivity contribution in [1.82, 2.24) is 4.72 Å². The van der Waals surface area contributed by atoms with Crippen LogP contribution in [0.4, 0.5) is 18.9 Å². The second-order valence-corrected chi connectivity index (χ2v) is 7.72. The summed E-state index contributed by atoms with van der Waals surface area (Å²) >= 11 is 0. The Balaban J connectivity index is 3.44. The number of benzene rings is 1. The Morgan fingerprint density at radius 2 is 1.52 bits per heavy atom. The van der Waals surface area contributed by atoms with Crippen LogP contribution in [0.3, 0.4) is 0 Å². The molecule has 0 spiro atoms. The summed E-state index contributed by atoms with van der Waals surface area (Å²) in [5.41, 5.74) is -5.51. The number of hydrogen-bond donors (Lipinski definition) is 2. The first kappa shape index (κ1) is 17.7. The van der Waals surface area contributed by atoms with Crippen molar-refractivity contribution >= 4 is 25.7 Å². The maximum absolute atomic E-state index is 12.3. The van der Waals surface area contributed by atoms with Gasteiger partial charge in [0.1, 0.15) is 0 Å². The molecule has 0 saturated carbocycles. The second kappa shape index (κ2) is 5.46. The molecule has 2 N–H and O–H groups in total. The molecule has 0 heterocycles. The Hall–Kier alpha value is -1.33. The van der Waals surface area contributed by atoms with E-state index < -0.39 is 31.2 Å². The Bertz CT molecular complexity index is 755. The fourth-order valence-electron chi connectivity index (χ4n) is 1.54. The SMILES string of the molecule is CNS(=O)(=O)c1cc(NS(=O)(=O)C(F)(F)F)c(C)cc1C. The van der Waals surface area contributed by atoms with Gasteiger partial charge < -0.3 is 0 Å². The third-order valence-corrected chi connectivity index (χ3v) is 5.28. The summed E-state index contributed by atoms with van der Waals surface area (Å²) in [7, 11) is -8.41. The number of halogens is 3. The zero-order valence-electron chi connectivity index (χ0n) is 11.2. The van der Waals surface area contributed by atoms with Gasteiger partial charge in [-0.1, -0.05) is 6.07 Å². The molecule has 6 nitrogen and oxygen atoms in total. The van der Waals surface area contributed by atoms with E-state index in [0.29, 0.717) is 0 Å². The Kier molecular flexibility index (Phi) is 4.61. The highest BCUT2D eigenvalue weighted by molar-refractivity contribution is 7.93. The molecule has 0 amide bonds. The van der Waals surface area contributed by atoms with Crippen LogP contribution < -0.4 is 9.44 Å². The summed E-state index contributed by atoms with van der Waals surface area (Å²) in [5, 5.41) is 0. The second-order valence-electron chi connectivity index (χ2n) is 4.19. The van der Waals surface area contributed by atoms with E-state index in [9.17, 15) is 30.0 Å². The minimum Gasteiger partial charge on any atom is -0.276 e. The van der Waals surface area contributed by atoms with E-state index in [1.807, 2.05) is 4.72 Å². The van der Waals surface area contributed by atoms with Crippen LogP contribution >= 0.6 is 0 Å². The van der Waals surface area contributed by atoms with Crippen LogP contribution in [0.5, 0.6) is 0 Å². The van der Waals surface area contributed by atoms with Gasteiger partial charge in [0.25, 0.3) is 0 Å². The van der Waals surface area contributed by atoms with Crippen molar-refractivity contribution in [3.63, 3.8) is 0 Å². The number of anilines is 1. The van der Waals surface area contributed by atoms with Gasteiger partial charge in [-0.25, -0.2) is 13.1 Å². The summed E-state index contributed by atoms with van der Waals surface area (Å²) in [5.74, 6) is 0. The summed E-state index contributed by atoms with van der Waals surface area (Å²) in [6, 6.07) is 2.12. The molecule has 0 bridgehead atoms. The van der Waals surface area contributed by atoms with Crippen LogP contribution in [0.25, 0.3) is 0 Å². The molecule has 0 aliphatic rings. The van der Waals surface area contributed by atoms with Crippen molar-refractivity contribution in [2.24, 2.45) is 0 Å². The van der Waals surface area contributed by atoms with Crippen LogP contribution in [0.1, 0.15) is 11.1 Å².